The van der Waals surface area contributed by atoms with Crippen LogP contribution in [0.4, 0.5) is 0 Å². The fourth-order valence-corrected chi connectivity index (χ4v) is 3.71. The zero-order valence-corrected chi connectivity index (χ0v) is 24.3. The van der Waals surface area contributed by atoms with Crippen LogP contribution in [0, 0.1) is 0 Å². The molecule has 0 fully saturated rings. The van der Waals surface area contributed by atoms with Crippen molar-refractivity contribution in [1.29, 1.82) is 0 Å². The maximum Gasteiger partial charge on any atom is 0.329 e. The van der Waals surface area contributed by atoms with Gasteiger partial charge in [-0.25, -0.2) is 4.79 Å². The highest BCUT2D eigenvalue weighted by Gasteiger charge is 1.97. The lowest BCUT2D eigenvalue weighted by molar-refractivity contribution is -0.142. The molecule has 0 amide bonds. The van der Waals surface area contributed by atoms with Crippen LogP contribution >= 0.6 is 0 Å². The van der Waals surface area contributed by atoms with Crippen LogP contribution in [0.3, 0.4) is 0 Å². The number of aliphatic carboxylic acids is 1. The van der Waals surface area contributed by atoms with E-state index in [-0.39, 0.29) is 13.2 Å². The minimum Gasteiger partial charge on any atom is -0.480 e. The minimum absolute atomic E-state index is 0.262. The molecule has 0 aliphatic carbocycles. The molecule has 8 heteroatoms. The lowest BCUT2D eigenvalue weighted by atomic mass is 10.1. The summed E-state index contributed by atoms with van der Waals surface area (Å²) in [4.78, 5) is 10.3. The number of rotatable bonds is 33. The highest BCUT2D eigenvalue weighted by atomic mass is 16.6. The molecule has 0 rings (SSSR count). The van der Waals surface area contributed by atoms with Crippen molar-refractivity contribution in [2.45, 2.75) is 96.8 Å². The first kappa shape index (κ1) is 37.0. The Labute approximate surface area is 232 Å². The molecule has 0 unspecified atom stereocenters. The second-order valence-electron chi connectivity index (χ2n) is 9.45. The number of allylic oxidation sites excluding steroid dienone is 2. The Hall–Kier alpha value is -1.03. The maximum atomic E-state index is 10.3. The molecule has 0 saturated carbocycles. The molecule has 0 aromatic carbocycles. The van der Waals surface area contributed by atoms with Crippen molar-refractivity contribution < 1.29 is 38.3 Å². The average molecular weight is 547 g/mol. The second-order valence-corrected chi connectivity index (χ2v) is 9.45. The SMILES string of the molecule is CCCCCCCC/C=C\CCCCCCCCOCCOCCOCCOCCOCCOCC(=O)O. The summed E-state index contributed by atoms with van der Waals surface area (Å²) >= 11 is 0. The third kappa shape index (κ3) is 35.0. The predicted octanol–water partition coefficient (Wildman–Crippen LogP) is 6.21. The summed E-state index contributed by atoms with van der Waals surface area (Å²) < 4.78 is 32.1. The van der Waals surface area contributed by atoms with Gasteiger partial charge in [0.25, 0.3) is 0 Å². The van der Waals surface area contributed by atoms with Gasteiger partial charge in [-0.15, -0.1) is 0 Å². The van der Waals surface area contributed by atoms with Gasteiger partial charge < -0.3 is 33.5 Å². The normalized spacial score (nSPS) is 11.6. The molecule has 38 heavy (non-hydrogen) atoms. The summed E-state index contributed by atoms with van der Waals surface area (Å²) in [5.41, 5.74) is 0. The molecule has 0 radical (unpaired) electrons. The number of hydrogen-bond donors (Lipinski definition) is 1. The number of carboxylic acids is 1. The molecule has 0 atom stereocenters. The summed E-state index contributed by atoms with van der Waals surface area (Å²) in [5, 5.41) is 8.42. The Bertz CT molecular complexity index is 487. The van der Waals surface area contributed by atoms with Gasteiger partial charge in [-0.3, -0.25) is 0 Å². The number of hydrogen-bond acceptors (Lipinski definition) is 7. The average Bonchev–Trinajstić information content (AvgIpc) is 2.91. The molecule has 0 aromatic rings. The molecule has 0 heterocycles. The standard InChI is InChI=1S/C30H58O8/c1-2-3-4-5-6-7-8-9-10-11-12-13-14-15-16-17-18-33-19-20-34-21-22-35-23-24-36-25-26-37-27-28-38-29-30(31)32/h9-10H,2-8,11-29H2,1H3,(H,31,32)/b10-9-. The summed E-state index contributed by atoms with van der Waals surface area (Å²) in [6.07, 6.45) is 23.2. The van der Waals surface area contributed by atoms with Crippen molar-refractivity contribution in [2.24, 2.45) is 0 Å². The molecule has 0 aliphatic heterocycles. The number of carbonyl (C=O) groups is 1. The molecule has 0 aliphatic rings. The maximum absolute atomic E-state index is 10.3. The van der Waals surface area contributed by atoms with Gasteiger partial charge in [0.05, 0.1) is 66.1 Å². The van der Waals surface area contributed by atoms with E-state index in [1.165, 1.54) is 83.5 Å². The monoisotopic (exact) mass is 546 g/mol. The Kier molecular flexibility index (Phi) is 33.1. The van der Waals surface area contributed by atoms with Crippen molar-refractivity contribution in [3.05, 3.63) is 12.2 Å². The molecule has 0 aromatic heterocycles. The minimum atomic E-state index is -0.980. The van der Waals surface area contributed by atoms with Crippen LogP contribution in [0.2, 0.25) is 0 Å². The zero-order chi connectivity index (χ0) is 27.6. The van der Waals surface area contributed by atoms with Gasteiger partial charge in [0.1, 0.15) is 6.61 Å². The quantitative estimate of drug-likeness (QED) is 0.0767. The molecule has 0 spiro atoms. The van der Waals surface area contributed by atoms with Gasteiger partial charge in [0.2, 0.25) is 0 Å². The van der Waals surface area contributed by atoms with E-state index in [1.807, 2.05) is 0 Å². The molecule has 1 N–H and O–H groups in total. The summed E-state index contributed by atoms with van der Waals surface area (Å²) in [6, 6.07) is 0. The molecule has 0 bridgehead atoms. The van der Waals surface area contributed by atoms with Crippen molar-refractivity contribution in [2.75, 3.05) is 79.3 Å². The molecular formula is C30H58O8. The fraction of sp³-hybridized carbons (Fsp3) is 0.900. The molecule has 0 saturated heterocycles. The van der Waals surface area contributed by atoms with E-state index in [1.54, 1.807) is 0 Å². The van der Waals surface area contributed by atoms with Gasteiger partial charge in [0.15, 0.2) is 0 Å². The van der Waals surface area contributed by atoms with Gasteiger partial charge in [-0.05, 0) is 32.1 Å². The number of carboxylic acid groups (broad SMARTS) is 1. The summed E-state index contributed by atoms with van der Waals surface area (Å²) in [6.45, 7) is 7.64. The highest BCUT2D eigenvalue weighted by Crippen LogP contribution is 2.10. The van der Waals surface area contributed by atoms with E-state index >= 15 is 0 Å². The molecule has 226 valence electrons. The summed E-state index contributed by atoms with van der Waals surface area (Å²) in [7, 11) is 0. The van der Waals surface area contributed by atoms with Crippen LogP contribution in [0.25, 0.3) is 0 Å². The predicted molar refractivity (Wildman–Crippen MR) is 152 cm³/mol. The van der Waals surface area contributed by atoms with Crippen molar-refractivity contribution in [3.63, 3.8) is 0 Å². The van der Waals surface area contributed by atoms with E-state index in [0.29, 0.717) is 59.5 Å². The van der Waals surface area contributed by atoms with Gasteiger partial charge in [-0.2, -0.15) is 0 Å². The smallest absolute Gasteiger partial charge is 0.329 e. The number of unbranched alkanes of at least 4 members (excludes halogenated alkanes) is 12. The fourth-order valence-electron chi connectivity index (χ4n) is 3.71. The van der Waals surface area contributed by atoms with Crippen molar-refractivity contribution >= 4 is 5.97 Å². The van der Waals surface area contributed by atoms with Gasteiger partial charge in [0, 0.05) is 6.61 Å². The van der Waals surface area contributed by atoms with Crippen LogP contribution in [0.1, 0.15) is 96.8 Å². The Morgan fingerprint density at radius 1 is 0.474 bits per heavy atom. The van der Waals surface area contributed by atoms with E-state index in [2.05, 4.69) is 19.1 Å². The van der Waals surface area contributed by atoms with Crippen LogP contribution in [0.5, 0.6) is 0 Å². The topological polar surface area (TPSA) is 92.7 Å². The van der Waals surface area contributed by atoms with E-state index < -0.39 is 5.97 Å². The van der Waals surface area contributed by atoms with Crippen molar-refractivity contribution in [3.8, 4) is 0 Å². The lowest BCUT2D eigenvalue weighted by Crippen LogP contribution is -2.15. The van der Waals surface area contributed by atoms with Gasteiger partial charge in [-0.1, -0.05) is 76.9 Å². The van der Waals surface area contributed by atoms with E-state index in [0.717, 1.165) is 13.0 Å². The van der Waals surface area contributed by atoms with Crippen LogP contribution in [0.15, 0.2) is 12.2 Å². The van der Waals surface area contributed by atoms with Crippen LogP contribution in [-0.4, -0.2) is 90.4 Å². The van der Waals surface area contributed by atoms with Crippen LogP contribution in [-0.2, 0) is 33.2 Å². The lowest BCUT2D eigenvalue weighted by Gasteiger charge is -2.08. The first-order valence-corrected chi connectivity index (χ1v) is 15.1. The third-order valence-electron chi connectivity index (χ3n) is 5.89. The van der Waals surface area contributed by atoms with E-state index in [4.69, 9.17) is 33.5 Å². The highest BCUT2D eigenvalue weighted by molar-refractivity contribution is 5.67. The zero-order valence-electron chi connectivity index (χ0n) is 24.3. The Morgan fingerprint density at radius 2 is 0.816 bits per heavy atom. The first-order chi connectivity index (χ1) is 18.8. The van der Waals surface area contributed by atoms with Crippen molar-refractivity contribution in [1.82, 2.24) is 0 Å². The second kappa shape index (κ2) is 34.0. The molecular weight excluding hydrogens is 488 g/mol. The Morgan fingerprint density at radius 3 is 1.24 bits per heavy atom. The number of ether oxygens (including phenoxy) is 6. The van der Waals surface area contributed by atoms with E-state index in [9.17, 15) is 4.79 Å². The van der Waals surface area contributed by atoms with Crippen LogP contribution < -0.4 is 0 Å². The largest absolute Gasteiger partial charge is 0.480 e. The van der Waals surface area contributed by atoms with Gasteiger partial charge >= 0.3 is 5.97 Å². The molecule has 8 nitrogen and oxygen atoms in total. The Balaban J connectivity index is 3.06. The summed E-state index contributed by atoms with van der Waals surface area (Å²) in [5.74, 6) is -0.980. The first-order valence-electron chi connectivity index (χ1n) is 15.1. The third-order valence-corrected chi connectivity index (χ3v) is 5.89.